The van der Waals surface area contributed by atoms with Crippen LogP contribution in [0.3, 0.4) is 0 Å². The van der Waals surface area contributed by atoms with E-state index in [1.54, 1.807) is 14.2 Å². The summed E-state index contributed by atoms with van der Waals surface area (Å²) >= 11 is 0. The van der Waals surface area contributed by atoms with E-state index in [0.717, 1.165) is 37.1 Å². The summed E-state index contributed by atoms with van der Waals surface area (Å²) in [5.41, 5.74) is 1.17. The Morgan fingerprint density at radius 2 is 2.00 bits per heavy atom. The summed E-state index contributed by atoms with van der Waals surface area (Å²) in [7, 11) is 9.30. The highest BCUT2D eigenvalue weighted by molar-refractivity contribution is 5.79. The van der Waals surface area contributed by atoms with Crippen molar-refractivity contribution < 1.29 is 9.47 Å². The molecule has 7 heteroatoms. The molecule has 2 rings (SSSR count). The van der Waals surface area contributed by atoms with E-state index in [4.69, 9.17) is 9.47 Å². The molecule has 1 fully saturated rings. The Kier molecular flexibility index (Phi) is 8.86. The van der Waals surface area contributed by atoms with E-state index < -0.39 is 0 Å². The van der Waals surface area contributed by atoms with Gasteiger partial charge in [0.1, 0.15) is 0 Å². The quantitative estimate of drug-likeness (QED) is 0.496. The maximum absolute atomic E-state index is 5.47. The second-order valence-electron chi connectivity index (χ2n) is 7.35. The first-order valence-corrected chi connectivity index (χ1v) is 10.1. The highest BCUT2D eigenvalue weighted by Crippen LogP contribution is 2.31. The summed E-state index contributed by atoms with van der Waals surface area (Å²) in [5.74, 6) is 2.33. The molecule has 1 aromatic carbocycles. The number of guanidine groups is 1. The average molecular weight is 392 g/mol. The molecular weight excluding hydrogens is 354 g/mol. The molecule has 2 unspecified atom stereocenters. The van der Waals surface area contributed by atoms with Gasteiger partial charge in [-0.3, -0.25) is 9.89 Å². The molecule has 158 valence electrons. The van der Waals surface area contributed by atoms with Crippen LogP contribution in [0.5, 0.6) is 11.5 Å². The van der Waals surface area contributed by atoms with Gasteiger partial charge in [0.2, 0.25) is 0 Å². The predicted octanol–water partition coefficient (Wildman–Crippen LogP) is 1.96. The minimum atomic E-state index is 0.178. The van der Waals surface area contributed by atoms with Crippen LogP contribution >= 0.6 is 0 Å². The van der Waals surface area contributed by atoms with Crippen molar-refractivity contribution in [3.05, 3.63) is 23.8 Å². The predicted molar refractivity (Wildman–Crippen MR) is 116 cm³/mol. The third-order valence-corrected chi connectivity index (χ3v) is 5.51. The lowest BCUT2D eigenvalue weighted by Gasteiger charge is -2.27. The van der Waals surface area contributed by atoms with Gasteiger partial charge >= 0.3 is 0 Å². The highest BCUT2D eigenvalue weighted by atomic mass is 16.5. The van der Waals surface area contributed by atoms with Crippen LogP contribution in [-0.4, -0.2) is 83.3 Å². The third kappa shape index (κ3) is 5.75. The number of rotatable bonds is 9. The summed E-state index contributed by atoms with van der Waals surface area (Å²) in [4.78, 5) is 9.12. The van der Waals surface area contributed by atoms with Crippen LogP contribution in [-0.2, 0) is 0 Å². The molecule has 1 aliphatic heterocycles. The second-order valence-corrected chi connectivity index (χ2v) is 7.35. The molecule has 7 nitrogen and oxygen atoms in total. The molecule has 1 aliphatic rings. The Hall–Kier alpha value is -1.99. The molecule has 0 aromatic heterocycles. The number of benzene rings is 1. The molecule has 0 spiro atoms. The first-order chi connectivity index (χ1) is 13.5. The Bertz CT molecular complexity index is 635. The van der Waals surface area contributed by atoms with Crippen LogP contribution in [0.2, 0.25) is 0 Å². The van der Waals surface area contributed by atoms with Gasteiger partial charge in [-0.1, -0.05) is 13.0 Å². The number of nitrogens with one attached hydrogen (secondary N) is 2. The summed E-state index contributed by atoms with van der Waals surface area (Å²) in [5, 5.41) is 6.98. The van der Waals surface area contributed by atoms with Crippen molar-refractivity contribution in [2.75, 3.05) is 61.5 Å². The van der Waals surface area contributed by atoms with Crippen molar-refractivity contribution in [2.24, 2.45) is 4.99 Å². The van der Waals surface area contributed by atoms with Gasteiger partial charge in [-0.05, 0) is 57.7 Å². The molecule has 2 atom stereocenters. The fourth-order valence-electron chi connectivity index (χ4n) is 3.83. The topological polar surface area (TPSA) is 61.4 Å². The average Bonchev–Trinajstić information content (AvgIpc) is 3.17. The number of aliphatic imine (C=N–C) groups is 1. The lowest BCUT2D eigenvalue weighted by atomic mass is 10.1. The van der Waals surface area contributed by atoms with E-state index in [2.05, 4.69) is 52.5 Å². The largest absolute Gasteiger partial charge is 0.493 e. The molecule has 2 N–H and O–H groups in total. The zero-order chi connectivity index (χ0) is 20.5. The van der Waals surface area contributed by atoms with Crippen LogP contribution < -0.4 is 20.1 Å². The first-order valence-electron chi connectivity index (χ1n) is 10.1. The minimum absolute atomic E-state index is 0.178. The highest BCUT2D eigenvalue weighted by Gasteiger charge is 2.23. The van der Waals surface area contributed by atoms with Gasteiger partial charge in [0, 0.05) is 26.2 Å². The van der Waals surface area contributed by atoms with Crippen molar-refractivity contribution >= 4 is 5.96 Å². The molecule has 0 aliphatic carbocycles. The van der Waals surface area contributed by atoms with Gasteiger partial charge in [0.05, 0.1) is 20.3 Å². The lowest BCUT2D eigenvalue weighted by Crippen LogP contribution is -2.46. The van der Waals surface area contributed by atoms with Gasteiger partial charge in [-0.25, -0.2) is 0 Å². The molecule has 1 saturated heterocycles. The number of likely N-dealkylation sites (tertiary alicyclic amines) is 1. The summed E-state index contributed by atoms with van der Waals surface area (Å²) in [6, 6.07) is 6.86. The Morgan fingerprint density at radius 1 is 1.25 bits per heavy atom. The fourth-order valence-corrected chi connectivity index (χ4v) is 3.83. The van der Waals surface area contributed by atoms with Crippen molar-refractivity contribution in [1.82, 2.24) is 20.4 Å². The second kappa shape index (κ2) is 11.1. The standard InChI is InChI=1S/C21H37N5O2/c1-7-26-12-8-9-17(26)14-23-21(22-2)24-15-18(25(3)4)16-10-11-19(27-5)20(13-16)28-6/h10-11,13,17-18H,7-9,12,14-15H2,1-6H3,(H2,22,23,24). The lowest BCUT2D eigenvalue weighted by molar-refractivity contribution is 0.266. The molecule has 0 bridgehead atoms. The SMILES string of the molecule is CCN1CCCC1CNC(=NC)NCC(c1ccc(OC)c(OC)c1)N(C)C. The summed E-state index contributed by atoms with van der Waals surface area (Å²) in [6.07, 6.45) is 2.54. The van der Waals surface area contributed by atoms with Crippen LogP contribution in [0.25, 0.3) is 0 Å². The van der Waals surface area contributed by atoms with E-state index >= 15 is 0 Å². The summed E-state index contributed by atoms with van der Waals surface area (Å²) in [6.45, 7) is 6.22. The fraction of sp³-hybridized carbons (Fsp3) is 0.667. The van der Waals surface area contributed by atoms with E-state index in [1.807, 2.05) is 19.2 Å². The Labute approximate surface area is 170 Å². The van der Waals surface area contributed by atoms with E-state index in [-0.39, 0.29) is 6.04 Å². The minimum Gasteiger partial charge on any atom is -0.493 e. The normalized spacial score (nSPS) is 19.0. The number of nitrogens with zero attached hydrogens (tertiary/aromatic N) is 3. The van der Waals surface area contributed by atoms with Gasteiger partial charge in [0.15, 0.2) is 17.5 Å². The van der Waals surface area contributed by atoms with Crippen LogP contribution in [0.15, 0.2) is 23.2 Å². The van der Waals surface area contributed by atoms with Crippen molar-refractivity contribution in [1.29, 1.82) is 0 Å². The van der Waals surface area contributed by atoms with Gasteiger partial charge in [0.25, 0.3) is 0 Å². The van der Waals surface area contributed by atoms with Crippen molar-refractivity contribution in [3.8, 4) is 11.5 Å². The van der Waals surface area contributed by atoms with Crippen LogP contribution in [0, 0.1) is 0 Å². The van der Waals surface area contributed by atoms with Gasteiger partial charge in [-0.2, -0.15) is 0 Å². The number of ether oxygens (including phenoxy) is 2. The number of likely N-dealkylation sites (N-methyl/N-ethyl adjacent to an activating group) is 2. The zero-order valence-electron chi connectivity index (χ0n) is 18.3. The van der Waals surface area contributed by atoms with Gasteiger partial charge in [-0.15, -0.1) is 0 Å². The number of hydrogen-bond donors (Lipinski definition) is 2. The Morgan fingerprint density at radius 3 is 2.61 bits per heavy atom. The van der Waals surface area contributed by atoms with Crippen molar-refractivity contribution in [3.63, 3.8) is 0 Å². The van der Waals surface area contributed by atoms with Crippen molar-refractivity contribution in [2.45, 2.75) is 31.8 Å². The molecule has 28 heavy (non-hydrogen) atoms. The molecule has 0 saturated carbocycles. The molecular formula is C21H37N5O2. The molecule has 1 heterocycles. The monoisotopic (exact) mass is 391 g/mol. The van der Waals surface area contributed by atoms with E-state index in [9.17, 15) is 0 Å². The molecule has 1 aromatic rings. The third-order valence-electron chi connectivity index (χ3n) is 5.51. The maximum atomic E-state index is 5.47. The van der Waals surface area contributed by atoms with E-state index in [1.165, 1.54) is 24.9 Å². The Balaban J connectivity index is 1.98. The zero-order valence-corrected chi connectivity index (χ0v) is 18.3. The molecule has 0 radical (unpaired) electrons. The maximum Gasteiger partial charge on any atom is 0.191 e. The summed E-state index contributed by atoms with van der Waals surface area (Å²) < 4.78 is 10.8. The van der Waals surface area contributed by atoms with E-state index in [0.29, 0.717) is 6.04 Å². The smallest absolute Gasteiger partial charge is 0.191 e. The number of hydrogen-bond acceptors (Lipinski definition) is 5. The first kappa shape index (κ1) is 22.3. The van der Waals surface area contributed by atoms with Crippen LogP contribution in [0.4, 0.5) is 0 Å². The van der Waals surface area contributed by atoms with Gasteiger partial charge < -0.3 is 25.0 Å². The van der Waals surface area contributed by atoms with Crippen LogP contribution in [0.1, 0.15) is 31.4 Å². The molecule has 0 amide bonds. The number of methoxy groups -OCH3 is 2.